The quantitative estimate of drug-likeness (QED) is 0.145. The third-order valence-corrected chi connectivity index (χ3v) is 10.8. The van der Waals surface area contributed by atoms with E-state index in [-0.39, 0.29) is 0 Å². The molecular formula is C54H38N2. The van der Waals surface area contributed by atoms with Gasteiger partial charge in [-0.15, -0.1) is 0 Å². The molecule has 0 radical (unpaired) electrons. The second-order valence-corrected chi connectivity index (χ2v) is 14.2. The molecule has 0 unspecified atom stereocenters. The van der Waals surface area contributed by atoms with Gasteiger partial charge < -0.3 is 9.80 Å². The van der Waals surface area contributed by atoms with Gasteiger partial charge in [0.15, 0.2) is 0 Å². The number of fused-ring (bicyclic) bond motifs is 6. The third kappa shape index (κ3) is 6.14. The van der Waals surface area contributed by atoms with Gasteiger partial charge in [-0.25, -0.2) is 0 Å². The molecule has 0 fully saturated rings. The van der Waals surface area contributed by atoms with Gasteiger partial charge in [-0.3, -0.25) is 0 Å². The molecule has 2 nitrogen and oxygen atoms in total. The van der Waals surface area contributed by atoms with Crippen molar-refractivity contribution >= 4 is 66.4 Å². The minimum atomic E-state index is 1.11. The molecule has 2 heteroatoms. The first-order valence-electron chi connectivity index (χ1n) is 19.2. The summed E-state index contributed by atoms with van der Waals surface area (Å²) >= 11 is 0. The molecule has 10 aromatic rings. The maximum absolute atomic E-state index is 2.36. The molecule has 0 aliphatic heterocycles. The van der Waals surface area contributed by atoms with E-state index in [1.54, 1.807) is 0 Å². The maximum atomic E-state index is 2.36. The lowest BCUT2D eigenvalue weighted by Crippen LogP contribution is -2.10. The number of benzene rings is 10. The first-order chi connectivity index (χ1) is 27.8. The highest BCUT2D eigenvalue weighted by atomic mass is 15.1. The molecule has 10 rings (SSSR count). The Bertz CT molecular complexity index is 2890. The molecule has 0 saturated carbocycles. The fourth-order valence-electron chi connectivity index (χ4n) is 8.12. The lowest BCUT2D eigenvalue weighted by atomic mass is 9.94. The molecule has 0 heterocycles. The monoisotopic (exact) mass is 714 g/mol. The Balaban J connectivity index is 0.994. The first-order valence-corrected chi connectivity index (χ1v) is 19.2. The lowest BCUT2D eigenvalue weighted by Gasteiger charge is -2.26. The molecule has 0 aliphatic carbocycles. The third-order valence-electron chi connectivity index (χ3n) is 10.8. The van der Waals surface area contributed by atoms with E-state index in [9.17, 15) is 0 Å². The van der Waals surface area contributed by atoms with Gasteiger partial charge in [-0.1, -0.05) is 158 Å². The predicted octanol–water partition coefficient (Wildman–Crippen LogP) is 15.4. The summed E-state index contributed by atoms with van der Waals surface area (Å²) in [6.07, 6.45) is 0. The Hall–Kier alpha value is -7.42. The minimum Gasteiger partial charge on any atom is -0.311 e. The Morgan fingerprint density at radius 2 is 0.446 bits per heavy atom. The van der Waals surface area contributed by atoms with Gasteiger partial charge in [0.2, 0.25) is 0 Å². The Morgan fingerprint density at radius 1 is 0.179 bits per heavy atom. The molecule has 56 heavy (non-hydrogen) atoms. The lowest BCUT2D eigenvalue weighted by molar-refractivity contribution is 1.28. The highest BCUT2D eigenvalue weighted by Gasteiger charge is 2.17. The van der Waals surface area contributed by atoms with E-state index < -0.39 is 0 Å². The van der Waals surface area contributed by atoms with Crippen LogP contribution in [0.5, 0.6) is 0 Å². The molecular weight excluding hydrogens is 677 g/mol. The van der Waals surface area contributed by atoms with Crippen LogP contribution in [-0.4, -0.2) is 0 Å². The van der Waals surface area contributed by atoms with Crippen LogP contribution in [0, 0.1) is 0 Å². The summed E-state index contributed by atoms with van der Waals surface area (Å²) in [7, 11) is 0. The van der Waals surface area contributed by atoms with E-state index in [1.165, 1.54) is 54.6 Å². The van der Waals surface area contributed by atoms with Gasteiger partial charge >= 0.3 is 0 Å². The smallest absolute Gasteiger partial charge is 0.0468 e. The van der Waals surface area contributed by atoms with Crippen LogP contribution in [0.3, 0.4) is 0 Å². The van der Waals surface area contributed by atoms with Crippen molar-refractivity contribution in [3.8, 4) is 22.3 Å². The highest BCUT2D eigenvalue weighted by molar-refractivity contribution is 6.25. The average molecular weight is 715 g/mol. The molecule has 0 saturated heterocycles. The fraction of sp³-hybridized carbons (Fsp3) is 0. The molecule has 0 aliphatic rings. The Labute approximate surface area is 327 Å². The first kappa shape index (κ1) is 33.2. The Morgan fingerprint density at radius 3 is 0.857 bits per heavy atom. The molecule has 10 aromatic carbocycles. The van der Waals surface area contributed by atoms with Crippen molar-refractivity contribution in [1.29, 1.82) is 0 Å². The molecule has 0 aromatic heterocycles. The van der Waals surface area contributed by atoms with Crippen LogP contribution in [0.15, 0.2) is 231 Å². The van der Waals surface area contributed by atoms with Gasteiger partial charge in [-0.05, 0) is 127 Å². The van der Waals surface area contributed by atoms with Crippen molar-refractivity contribution in [2.75, 3.05) is 9.80 Å². The number of hydrogen-bond acceptors (Lipinski definition) is 2. The van der Waals surface area contributed by atoms with Crippen molar-refractivity contribution in [3.63, 3.8) is 0 Å². The summed E-state index contributed by atoms with van der Waals surface area (Å²) in [6.45, 7) is 0. The number of rotatable bonds is 8. The largest absolute Gasteiger partial charge is 0.311 e. The van der Waals surface area contributed by atoms with Gasteiger partial charge in [0.05, 0.1) is 0 Å². The predicted molar refractivity (Wildman–Crippen MR) is 239 cm³/mol. The standard InChI is InChI=1S/C54H38N2/c1-4-14-39(15-5-1)40-24-30-45(31-25-40)55(43-16-6-2-7-17-43)46-32-26-41(27-33-46)42-28-34-47(35-29-42)56(44-18-8-3-9-19-44)48-36-37-53-51-22-11-10-20-49(51)50-21-12-13-23-52(50)54(53)38-48/h1-38H. The maximum Gasteiger partial charge on any atom is 0.0468 e. The van der Waals surface area contributed by atoms with Crippen LogP contribution in [0.1, 0.15) is 0 Å². The zero-order valence-electron chi connectivity index (χ0n) is 30.8. The van der Waals surface area contributed by atoms with E-state index in [0.29, 0.717) is 0 Å². The van der Waals surface area contributed by atoms with Gasteiger partial charge in [0, 0.05) is 34.1 Å². The molecule has 0 N–H and O–H groups in total. The van der Waals surface area contributed by atoms with E-state index >= 15 is 0 Å². The van der Waals surface area contributed by atoms with Gasteiger partial charge in [0.1, 0.15) is 0 Å². The SMILES string of the molecule is c1ccc(-c2ccc(N(c3ccccc3)c3ccc(-c4ccc(N(c5ccccc5)c5ccc6c7ccccc7c7ccccc7c6c5)cc4)cc3)cc2)cc1. The molecule has 0 bridgehead atoms. The number of anilines is 6. The summed E-state index contributed by atoms with van der Waals surface area (Å²) < 4.78 is 0. The summed E-state index contributed by atoms with van der Waals surface area (Å²) in [5, 5.41) is 7.64. The van der Waals surface area contributed by atoms with Crippen LogP contribution < -0.4 is 9.80 Å². The minimum absolute atomic E-state index is 1.11. The van der Waals surface area contributed by atoms with Crippen molar-refractivity contribution in [2.45, 2.75) is 0 Å². The van der Waals surface area contributed by atoms with E-state index in [1.807, 2.05) is 0 Å². The summed E-state index contributed by atoms with van der Waals surface area (Å²) in [5.41, 5.74) is 11.4. The van der Waals surface area contributed by atoms with Crippen molar-refractivity contribution in [1.82, 2.24) is 0 Å². The molecule has 264 valence electrons. The van der Waals surface area contributed by atoms with Crippen molar-refractivity contribution in [2.24, 2.45) is 0 Å². The van der Waals surface area contributed by atoms with E-state index in [4.69, 9.17) is 0 Å². The Kier molecular flexibility index (Phi) is 8.55. The van der Waals surface area contributed by atoms with Crippen molar-refractivity contribution in [3.05, 3.63) is 231 Å². The zero-order valence-corrected chi connectivity index (χ0v) is 30.8. The van der Waals surface area contributed by atoms with Crippen LogP contribution in [0.2, 0.25) is 0 Å². The van der Waals surface area contributed by atoms with Crippen LogP contribution in [0.4, 0.5) is 34.1 Å². The highest BCUT2D eigenvalue weighted by Crippen LogP contribution is 2.42. The summed E-state index contributed by atoms with van der Waals surface area (Å²) in [5.74, 6) is 0. The fourth-order valence-corrected chi connectivity index (χ4v) is 8.12. The molecule has 0 atom stereocenters. The second-order valence-electron chi connectivity index (χ2n) is 14.2. The summed E-state index contributed by atoms with van der Waals surface area (Å²) in [6, 6.07) is 82.9. The van der Waals surface area contributed by atoms with E-state index in [2.05, 4.69) is 240 Å². The number of hydrogen-bond donors (Lipinski definition) is 0. The molecule has 0 amide bonds. The second kappa shape index (κ2) is 14.4. The normalized spacial score (nSPS) is 11.2. The average Bonchev–Trinajstić information content (AvgIpc) is 3.28. The van der Waals surface area contributed by atoms with E-state index in [0.717, 1.165) is 34.1 Å². The van der Waals surface area contributed by atoms with Crippen LogP contribution in [-0.2, 0) is 0 Å². The van der Waals surface area contributed by atoms with Gasteiger partial charge in [0.25, 0.3) is 0 Å². The van der Waals surface area contributed by atoms with Gasteiger partial charge in [-0.2, -0.15) is 0 Å². The van der Waals surface area contributed by atoms with Crippen molar-refractivity contribution < 1.29 is 0 Å². The molecule has 0 spiro atoms. The number of nitrogens with zero attached hydrogens (tertiary/aromatic N) is 2. The number of para-hydroxylation sites is 2. The topological polar surface area (TPSA) is 6.48 Å². The van der Waals surface area contributed by atoms with Crippen LogP contribution >= 0.6 is 0 Å². The zero-order chi connectivity index (χ0) is 37.3. The van der Waals surface area contributed by atoms with Crippen LogP contribution in [0.25, 0.3) is 54.6 Å². The summed E-state index contributed by atoms with van der Waals surface area (Å²) in [4.78, 5) is 4.67.